The van der Waals surface area contributed by atoms with E-state index in [2.05, 4.69) is 29.6 Å². The van der Waals surface area contributed by atoms with Crippen LogP contribution in [0.3, 0.4) is 0 Å². The molecule has 3 amide bonds. The van der Waals surface area contributed by atoms with Gasteiger partial charge in [-0.05, 0) is 63.3 Å². The number of rotatable bonds is 14. The van der Waals surface area contributed by atoms with E-state index in [9.17, 15) is 14.4 Å². The summed E-state index contributed by atoms with van der Waals surface area (Å²) in [6, 6.07) is 13.3. The number of methoxy groups -OCH3 is 2. The average molecular weight is 593 g/mol. The van der Waals surface area contributed by atoms with Crippen molar-refractivity contribution >= 4 is 29.2 Å². The van der Waals surface area contributed by atoms with Crippen LogP contribution in [0.2, 0.25) is 0 Å². The Hall–Kier alpha value is -4.34. The molecule has 0 fully saturated rings. The van der Waals surface area contributed by atoms with Crippen LogP contribution in [0.1, 0.15) is 89.1 Å². The Morgan fingerprint density at radius 2 is 1.72 bits per heavy atom. The summed E-state index contributed by atoms with van der Waals surface area (Å²) in [6.07, 6.45) is 1.33. The molecular formula is C33H44N4O6. The number of ether oxygens (including phenoxy) is 2. The van der Waals surface area contributed by atoms with Crippen LogP contribution in [0.4, 0.5) is 11.5 Å². The van der Waals surface area contributed by atoms with Gasteiger partial charge in [0.05, 0.1) is 14.2 Å². The molecule has 0 saturated heterocycles. The van der Waals surface area contributed by atoms with Gasteiger partial charge in [-0.3, -0.25) is 19.3 Å². The van der Waals surface area contributed by atoms with Gasteiger partial charge in [0.15, 0.2) is 17.3 Å². The van der Waals surface area contributed by atoms with Gasteiger partial charge >= 0.3 is 0 Å². The van der Waals surface area contributed by atoms with E-state index in [1.807, 2.05) is 45.0 Å². The van der Waals surface area contributed by atoms with Crippen molar-refractivity contribution in [3.63, 3.8) is 0 Å². The van der Waals surface area contributed by atoms with Crippen molar-refractivity contribution in [1.29, 1.82) is 0 Å². The van der Waals surface area contributed by atoms with Gasteiger partial charge in [-0.2, -0.15) is 0 Å². The Kier molecular flexibility index (Phi) is 11.3. The van der Waals surface area contributed by atoms with Crippen LogP contribution < -0.4 is 25.0 Å². The minimum atomic E-state index is -1.13. The molecule has 10 nitrogen and oxygen atoms in total. The van der Waals surface area contributed by atoms with Crippen LogP contribution in [0.25, 0.3) is 0 Å². The van der Waals surface area contributed by atoms with E-state index < -0.39 is 23.4 Å². The number of hydrogen-bond acceptors (Lipinski definition) is 7. The molecule has 0 aliphatic heterocycles. The number of carbonyl (C=O) groups is 3. The highest BCUT2D eigenvalue weighted by atomic mass is 16.5. The summed E-state index contributed by atoms with van der Waals surface area (Å²) < 4.78 is 16.3. The Balaban J connectivity index is 2.10. The fraction of sp³-hybridized carbons (Fsp3) is 0.455. The van der Waals surface area contributed by atoms with Gasteiger partial charge in [0, 0.05) is 35.7 Å². The molecule has 232 valence electrons. The number of benzene rings is 2. The zero-order valence-electron chi connectivity index (χ0n) is 26.4. The molecular weight excluding hydrogens is 548 g/mol. The van der Waals surface area contributed by atoms with Gasteiger partial charge in [-0.15, -0.1) is 0 Å². The SMILES string of the molecule is CC[C@H](C)c1ccc(N(C(=O)CCC(=O)Nc2cc(C)on2)[C@@H](C(=O)NC(C)(C)CC)c2cccc(OC)c2OC)cc1. The van der Waals surface area contributed by atoms with E-state index in [4.69, 9.17) is 14.0 Å². The highest BCUT2D eigenvalue weighted by Crippen LogP contribution is 2.40. The summed E-state index contributed by atoms with van der Waals surface area (Å²) in [4.78, 5) is 42.6. The van der Waals surface area contributed by atoms with E-state index in [1.54, 1.807) is 31.2 Å². The fourth-order valence-corrected chi connectivity index (χ4v) is 4.62. The minimum Gasteiger partial charge on any atom is -0.493 e. The molecule has 43 heavy (non-hydrogen) atoms. The predicted octanol–water partition coefficient (Wildman–Crippen LogP) is 6.31. The first-order valence-electron chi connectivity index (χ1n) is 14.6. The fourth-order valence-electron chi connectivity index (χ4n) is 4.62. The van der Waals surface area contributed by atoms with Gasteiger partial charge in [-0.25, -0.2) is 0 Å². The van der Waals surface area contributed by atoms with Gasteiger partial charge < -0.3 is 24.6 Å². The standard InChI is InChI=1S/C33H44N4O6/c1-9-21(3)23-14-16-24(17-15-23)37(29(39)19-18-28(38)34-27-20-22(4)43-36-27)30(32(40)35-33(5,6)10-2)25-12-11-13-26(41-7)31(25)42-8/h11-17,20-21,30H,9-10,18-19H2,1-8H3,(H,35,40)(H,34,36,38)/t21-,30+/m0/s1. The first-order valence-corrected chi connectivity index (χ1v) is 14.6. The third kappa shape index (κ3) is 8.37. The summed E-state index contributed by atoms with van der Waals surface area (Å²) in [6.45, 7) is 11.8. The van der Waals surface area contributed by atoms with Crippen LogP contribution in [-0.4, -0.2) is 42.6 Å². The highest BCUT2D eigenvalue weighted by Gasteiger charge is 2.37. The summed E-state index contributed by atoms with van der Waals surface area (Å²) in [5.41, 5.74) is 1.54. The second-order valence-corrected chi connectivity index (χ2v) is 11.2. The van der Waals surface area contributed by atoms with E-state index in [0.29, 0.717) is 40.8 Å². The highest BCUT2D eigenvalue weighted by molar-refractivity contribution is 6.03. The number of amides is 3. The molecule has 10 heteroatoms. The maximum absolute atomic E-state index is 14.2. The molecule has 3 aromatic rings. The molecule has 0 radical (unpaired) electrons. The van der Waals surface area contributed by atoms with Crippen molar-refractivity contribution in [1.82, 2.24) is 10.5 Å². The lowest BCUT2D eigenvalue weighted by atomic mass is 9.96. The molecule has 3 rings (SSSR count). The molecule has 0 aliphatic rings. The van der Waals surface area contributed by atoms with Crippen LogP contribution in [0, 0.1) is 6.92 Å². The van der Waals surface area contributed by atoms with Gasteiger partial charge in [0.1, 0.15) is 11.8 Å². The Bertz CT molecular complexity index is 1400. The molecule has 1 heterocycles. The predicted molar refractivity (Wildman–Crippen MR) is 167 cm³/mol. The maximum atomic E-state index is 14.2. The van der Waals surface area contributed by atoms with Gasteiger partial charge in [0.2, 0.25) is 17.7 Å². The Morgan fingerprint density at radius 3 is 2.28 bits per heavy atom. The summed E-state index contributed by atoms with van der Waals surface area (Å²) in [7, 11) is 3.01. The van der Waals surface area contributed by atoms with Crippen molar-refractivity contribution < 1.29 is 28.4 Å². The van der Waals surface area contributed by atoms with Crippen molar-refractivity contribution in [2.45, 2.75) is 84.7 Å². The lowest BCUT2D eigenvalue weighted by Crippen LogP contribution is -2.50. The monoisotopic (exact) mass is 592 g/mol. The smallest absolute Gasteiger partial charge is 0.248 e. The molecule has 2 atom stereocenters. The third-order valence-electron chi connectivity index (χ3n) is 7.66. The number of aromatic nitrogens is 1. The van der Waals surface area contributed by atoms with Crippen molar-refractivity contribution in [2.75, 3.05) is 24.4 Å². The van der Waals surface area contributed by atoms with Crippen LogP contribution in [0.5, 0.6) is 11.5 Å². The molecule has 2 aromatic carbocycles. The summed E-state index contributed by atoms with van der Waals surface area (Å²) in [5, 5.41) is 9.54. The van der Waals surface area contributed by atoms with Crippen LogP contribution in [-0.2, 0) is 14.4 Å². The van der Waals surface area contributed by atoms with Crippen molar-refractivity contribution in [3.8, 4) is 11.5 Å². The lowest BCUT2D eigenvalue weighted by Gasteiger charge is -2.35. The third-order valence-corrected chi connectivity index (χ3v) is 7.66. The van der Waals surface area contributed by atoms with E-state index in [0.717, 1.165) is 12.0 Å². The molecule has 0 bridgehead atoms. The van der Waals surface area contributed by atoms with E-state index >= 15 is 0 Å². The number of anilines is 2. The number of para-hydroxylation sites is 1. The number of nitrogens with zero attached hydrogens (tertiary/aromatic N) is 2. The Morgan fingerprint density at radius 1 is 1.02 bits per heavy atom. The largest absolute Gasteiger partial charge is 0.493 e. The number of hydrogen-bond donors (Lipinski definition) is 2. The first-order chi connectivity index (χ1) is 20.4. The topological polar surface area (TPSA) is 123 Å². The Labute approximate surface area is 254 Å². The second kappa shape index (κ2) is 14.7. The molecule has 0 unspecified atom stereocenters. The molecule has 0 saturated carbocycles. The zero-order chi connectivity index (χ0) is 31.7. The first kappa shape index (κ1) is 33.2. The summed E-state index contributed by atoms with van der Waals surface area (Å²) >= 11 is 0. The number of aryl methyl sites for hydroxylation is 1. The van der Waals surface area contributed by atoms with Gasteiger partial charge in [-0.1, -0.05) is 50.2 Å². The van der Waals surface area contributed by atoms with Gasteiger partial charge in [0.25, 0.3) is 0 Å². The number of nitrogens with one attached hydrogen (secondary N) is 2. The number of carbonyl (C=O) groups excluding carboxylic acids is 3. The molecule has 2 N–H and O–H groups in total. The van der Waals surface area contributed by atoms with Crippen molar-refractivity contribution in [3.05, 3.63) is 65.4 Å². The maximum Gasteiger partial charge on any atom is 0.248 e. The summed E-state index contributed by atoms with van der Waals surface area (Å²) in [5.74, 6) is 0.706. The van der Waals surface area contributed by atoms with Crippen molar-refractivity contribution in [2.24, 2.45) is 0 Å². The molecule has 0 spiro atoms. The van der Waals surface area contributed by atoms with E-state index in [-0.39, 0.29) is 24.6 Å². The quantitative estimate of drug-likeness (QED) is 0.225. The molecule has 0 aliphatic carbocycles. The normalized spacial score (nSPS) is 12.7. The zero-order valence-corrected chi connectivity index (χ0v) is 26.4. The van der Waals surface area contributed by atoms with Crippen LogP contribution >= 0.6 is 0 Å². The van der Waals surface area contributed by atoms with Crippen LogP contribution in [0.15, 0.2) is 53.1 Å². The minimum absolute atomic E-state index is 0.129. The second-order valence-electron chi connectivity index (χ2n) is 11.2. The molecule has 1 aromatic heterocycles. The lowest BCUT2D eigenvalue weighted by molar-refractivity contribution is -0.128. The average Bonchev–Trinajstić information content (AvgIpc) is 3.41. The van der Waals surface area contributed by atoms with E-state index in [1.165, 1.54) is 19.1 Å².